The van der Waals surface area contributed by atoms with E-state index in [4.69, 9.17) is 0 Å². The number of hydrogen-bond donors (Lipinski definition) is 3. The van der Waals surface area contributed by atoms with Crippen LogP contribution in [0.25, 0.3) is 0 Å². The highest BCUT2D eigenvalue weighted by Crippen LogP contribution is 2.32. The van der Waals surface area contributed by atoms with Crippen LogP contribution in [0.2, 0.25) is 0 Å². The molecule has 0 bridgehead atoms. The Bertz CT molecular complexity index is 383. The number of hydrogen-bond acceptors (Lipinski definition) is 3. The second-order valence-corrected chi connectivity index (χ2v) is 3.86. The summed E-state index contributed by atoms with van der Waals surface area (Å²) in [7, 11) is 0. The number of aromatic hydroxyl groups is 1. The monoisotopic (exact) mass is 207 g/mol. The summed E-state index contributed by atoms with van der Waals surface area (Å²) in [4.78, 5) is 11.3. The average molecular weight is 207 g/mol. The fourth-order valence-electron chi connectivity index (χ4n) is 2.05. The van der Waals surface area contributed by atoms with Gasteiger partial charge in [-0.05, 0) is 30.7 Å². The zero-order chi connectivity index (χ0) is 10.9. The Balaban J connectivity index is 2.45. The Labute approximate surface area is 87.6 Å². The van der Waals surface area contributed by atoms with Crippen LogP contribution in [0.15, 0.2) is 24.3 Å². The Kier molecular flexibility index (Phi) is 2.36. The van der Waals surface area contributed by atoms with Crippen LogP contribution >= 0.6 is 0 Å². The average Bonchev–Trinajstić information content (AvgIpc) is 2.67. The standard InChI is InChI=1S/C11H13NO3/c13-9-3-1-2-8(6-9)11(10(14)15)4-5-12-7-11/h1-3,6,12-13H,4-5,7H2,(H,14,15). The van der Waals surface area contributed by atoms with E-state index in [1.165, 1.54) is 6.07 Å². The van der Waals surface area contributed by atoms with Gasteiger partial charge in [-0.3, -0.25) is 4.79 Å². The molecule has 4 nitrogen and oxygen atoms in total. The molecule has 0 saturated carbocycles. The Morgan fingerprint density at radius 1 is 1.47 bits per heavy atom. The number of nitrogens with one attached hydrogen (secondary N) is 1. The van der Waals surface area contributed by atoms with Gasteiger partial charge in [0, 0.05) is 6.54 Å². The predicted octanol–water partition coefficient (Wildman–Crippen LogP) is 0.708. The van der Waals surface area contributed by atoms with Gasteiger partial charge in [0.25, 0.3) is 0 Å². The SMILES string of the molecule is O=C(O)C1(c2cccc(O)c2)CCNC1. The van der Waals surface area contributed by atoms with Crippen molar-refractivity contribution in [1.29, 1.82) is 0 Å². The molecule has 1 aromatic rings. The Hall–Kier alpha value is -1.55. The first-order chi connectivity index (χ1) is 7.15. The molecule has 0 spiro atoms. The summed E-state index contributed by atoms with van der Waals surface area (Å²) in [6.07, 6.45) is 0.561. The third-order valence-electron chi connectivity index (χ3n) is 2.96. The quantitative estimate of drug-likeness (QED) is 0.668. The molecule has 0 aromatic heterocycles. The summed E-state index contributed by atoms with van der Waals surface area (Å²) in [5.41, 5.74) is -0.210. The van der Waals surface area contributed by atoms with E-state index < -0.39 is 11.4 Å². The van der Waals surface area contributed by atoms with Crippen molar-refractivity contribution in [3.05, 3.63) is 29.8 Å². The van der Waals surface area contributed by atoms with Crippen LogP contribution < -0.4 is 5.32 Å². The van der Waals surface area contributed by atoms with E-state index in [2.05, 4.69) is 5.32 Å². The lowest BCUT2D eigenvalue weighted by atomic mass is 9.80. The molecule has 1 atom stereocenters. The Morgan fingerprint density at radius 2 is 2.27 bits per heavy atom. The van der Waals surface area contributed by atoms with Gasteiger partial charge in [0.05, 0.1) is 0 Å². The van der Waals surface area contributed by atoms with E-state index in [1.54, 1.807) is 18.2 Å². The molecule has 1 aliphatic heterocycles. The zero-order valence-corrected chi connectivity index (χ0v) is 8.23. The van der Waals surface area contributed by atoms with Gasteiger partial charge in [-0.15, -0.1) is 0 Å². The van der Waals surface area contributed by atoms with Gasteiger partial charge in [0.2, 0.25) is 0 Å². The number of rotatable bonds is 2. The second kappa shape index (κ2) is 3.55. The minimum absolute atomic E-state index is 0.111. The normalized spacial score (nSPS) is 25.3. The summed E-state index contributed by atoms with van der Waals surface area (Å²) in [5, 5.41) is 21.7. The van der Waals surface area contributed by atoms with E-state index in [9.17, 15) is 15.0 Å². The molecule has 1 heterocycles. The van der Waals surface area contributed by atoms with Gasteiger partial charge in [-0.1, -0.05) is 12.1 Å². The van der Waals surface area contributed by atoms with Crippen LogP contribution in [0, 0.1) is 0 Å². The van der Waals surface area contributed by atoms with Crippen LogP contribution in [-0.4, -0.2) is 29.3 Å². The van der Waals surface area contributed by atoms with E-state index in [1.807, 2.05) is 0 Å². The number of carboxylic acid groups (broad SMARTS) is 1. The molecular weight excluding hydrogens is 194 g/mol. The van der Waals surface area contributed by atoms with Crippen molar-refractivity contribution < 1.29 is 15.0 Å². The molecule has 2 rings (SSSR count). The lowest BCUT2D eigenvalue weighted by molar-refractivity contribution is -0.143. The number of phenols is 1. The molecule has 1 aromatic carbocycles. The molecular formula is C11H13NO3. The molecule has 0 amide bonds. The maximum absolute atomic E-state index is 11.3. The highest BCUT2D eigenvalue weighted by molar-refractivity contribution is 5.82. The Morgan fingerprint density at radius 3 is 2.80 bits per heavy atom. The first-order valence-electron chi connectivity index (χ1n) is 4.89. The van der Waals surface area contributed by atoms with Crippen LogP contribution in [-0.2, 0) is 10.2 Å². The summed E-state index contributed by atoms with van der Waals surface area (Å²) in [6.45, 7) is 1.12. The van der Waals surface area contributed by atoms with Crippen LogP contribution in [0.1, 0.15) is 12.0 Å². The van der Waals surface area contributed by atoms with E-state index >= 15 is 0 Å². The maximum Gasteiger partial charge on any atom is 0.315 e. The van der Waals surface area contributed by atoms with Crippen LogP contribution in [0.3, 0.4) is 0 Å². The van der Waals surface area contributed by atoms with Gasteiger partial charge in [-0.2, -0.15) is 0 Å². The number of benzene rings is 1. The minimum atomic E-state index is -0.876. The largest absolute Gasteiger partial charge is 0.508 e. The number of carbonyl (C=O) groups is 1. The van der Waals surface area contributed by atoms with E-state index in [0.717, 1.165) is 0 Å². The first kappa shape index (κ1) is 9.98. The number of phenolic OH excluding ortho intramolecular Hbond substituents is 1. The molecule has 1 aliphatic rings. The lowest BCUT2D eigenvalue weighted by Gasteiger charge is -2.23. The van der Waals surface area contributed by atoms with Crippen molar-refractivity contribution >= 4 is 5.97 Å². The summed E-state index contributed by atoms with van der Waals surface area (Å²) in [6, 6.07) is 6.50. The topological polar surface area (TPSA) is 69.6 Å². The number of carboxylic acids is 1. The lowest BCUT2D eigenvalue weighted by Crippen LogP contribution is -2.37. The van der Waals surface area contributed by atoms with E-state index in [-0.39, 0.29) is 5.75 Å². The van der Waals surface area contributed by atoms with Crippen LogP contribution in [0.5, 0.6) is 5.75 Å². The predicted molar refractivity (Wildman–Crippen MR) is 54.9 cm³/mol. The maximum atomic E-state index is 11.3. The third kappa shape index (κ3) is 1.57. The molecule has 0 aliphatic carbocycles. The van der Waals surface area contributed by atoms with Gasteiger partial charge < -0.3 is 15.5 Å². The van der Waals surface area contributed by atoms with Crippen molar-refractivity contribution in [1.82, 2.24) is 5.32 Å². The third-order valence-corrected chi connectivity index (χ3v) is 2.96. The molecule has 80 valence electrons. The molecule has 1 saturated heterocycles. The van der Waals surface area contributed by atoms with Gasteiger partial charge in [-0.25, -0.2) is 0 Å². The zero-order valence-electron chi connectivity index (χ0n) is 8.23. The summed E-state index contributed by atoms with van der Waals surface area (Å²) in [5.74, 6) is -0.724. The molecule has 3 N–H and O–H groups in total. The van der Waals surface area contributed by atoms with Crippen molar-refractivity contribution in [2.24, 2.45) is 0 Å². The van der Waals surface area contributed by atoms with Gasteiger partial charge in [0.15, 0.2) is 0 Å². The first-order valence-corrected chi connectivity index (χ1v) is 4.89. The molecule has 1 unspecified atom stereocenters. The van der Waals surface area contributed by atoms with Crippen molar-refractivity contribution in [3.8, 4) is 5.75 Å². The molecule has 15 heavy (non-hydrogen) atoms. The molecule has 0 radical (unpaired) electrons. The fourth-order valence-corrected chi connectivity index (χ4v) is 2.05. The van der Waals surface area contributed by atoms with Crippen molar-refractivity contribution in [2.75, 3.05) is 13.1 Å². The van der Waals surface area contributed by atoms with E-state index in [0.29, 0.717) is 25.1 Å². The minimum Gasteiger partial charge on any atom is -0.508 e. The van der Waals surface area contributed by atoms with Crippen LogP contribution in [0.4, 0.5) is 0 Å². The molecule has 1 fully saturated rings. The van der Waals surface area contributed by atoms with Gasteiger partial charge in [0.1, 0.15) is 11.2 Å². The highest BCUT2D eigenvalue weighted by atomic mass is 16.4. The highest BCUT2D eigenvalue weighted by Gasteiger charge is 2.43. The number of aliphatic carboxylic acids is 1. The second-order valence-electron chi connectivity index (χ2n) is 3.86. The molecule has 4 heteroatoms. The van der Waals surface area contributed by atoms with Crippen molar-refractivity contribution in [2.45, 2.75) is 11.8 Å². The van der Waals surface area contributed by atoms with Gasteiger partial charge >= 0.3 is 5.97 Å². The summed E-state index contributed by atoms with van der Waals surface area (Å²) >= 11 is 0. The smallest absolute Gasteiger partial charge is 0.315 e. The van der Waals surface area contributed by atoms with Crippen molar-refractivity contribution in [3.63, 3.8) is 0 Å². The summed E-state index contributed by atoms with van der Waals surface area (Å²) < 4.78 is 0. The fraction of sp³-hybridized carbons (Fsp3) is 0.364.